The summed E-state index contributed by atoms with van der Waals surface area (Å²) in [6.07, 6.45) is -1.89. The summed E-state index contributed by atoms with van der Waals surface area (Å²) in [6.45, 7) is 0. The fourth-order valence-corrected chi connectivity index (χ4v) is 2.30. The number of nitrogens with one attached hydrogen (secondary N) is 1. The SMILES string of the molecule is COc1ccc(Br)cc1C=CC(=O)Nc1ccc(OC(F)(F)F)cc1. The van der Waals surface area contributed by atoms with Crippen LogP contribution >= 0.6 is 15.9 Å². The van der Waals surface area contributed by atoms with Crippen molar-refractivity contribution in [3.63, 3.8) is 0 Å². The standard InChI is InChI=1S/C17H13BrF3NO3/c1-24-15-8-3-12(18)10-11(15)2-9-16(23)22-13-4-6-14(7-5-13)25-17(19,20)21/h2-10H,1H3,(H,22,23). The van der Waals surface area contributed by atoms with E-state index >= 15 is 0 Å². The number of carbonyl (C=O) groups excluding carboxylic acids is 1. The number of hydrogen-bond acceptors (Lipinski definition) is 3. The van der Waals surface area contributed by atoms with Crippen molar-refractivity contribution in [1.29, 1.82) is 0 Å². The van der Waals surface area contributed by atoms with E-state index in [1.807, 2.05) is 0 Å². The summed E-state index contributed by atoms with van der Waals surface area (Å²) in [5, 5.41) is 2.54. The van der Waals surface area contributed by atoms with Crippen LogP contribution in [0, 0.1) is 0 Å². The van der Waals surface area contributed by atoms with Crippen LogP contribution in [0.25, 0.3) is 6.08 Å². The third kappa shape index (κ3) is 6.15. The van der Waals surface area contributed by atoms with E-state index in [1.165, 1.54) is 25.3 Å². The van der Waals surface area contributed by atoms with Crippen LogP contribution in [0.1, 0.15) is 5.56 Å². The Morgan fingerprint density at radius 3 is 2.44 bits per heavy atom. The third-order valence-electron chi connectivity index (χ3n) is 2.96. The molecule has 132 valence electrons. The zero-order valence-corrected chi connectivity index (χ0v) is 14.5. The molecule has 1 amide bonds. The molecule has 0 fully saturated rings. The van der Waals surface area contributed by atoms with Gasteiger partial charge in [-0.2, -0.15) is 0 Å². The normalized spacial score (nSPS) is 11.4. The maximum atomic E-state index is 12.1. The second kappa shape index (κ2) is 8.06. The lowest BCUT2D eigenvalue weighted by Gasteiger charge is -2.09. The number of methoxy groups -OCH3 is 1. The van der Waals surface area contributed by atoms with Gasteiger partial charge < -0.3 is 14.8 Å². The van der Waals surface area contributed by atoms with Crippen LogP contribution in [0.3, 0.4) is 0 Å². The number of hydrogen-bond donors (Lipinski definition) is 1. The first-order chi connectivity index (χ1) is 11.8. The van der Waals surface area contributed by atoms with Crippen molar-refractivity contribution >= 4 is 33.6 Å². The van der Waals surface area contributed by atoms with Gasteiger partial charge in [-0.05, 0) is 48.5 Å². The molecule has 0 heterocycles. The average molecular weight is 416 g/mol. The summed E-state index contributed by atoms with van der Waals surface area (Å²) in [5.41, 5.74) is 1.03. The van der Waals surface area contributed by atoms with Crippen molar-refractivity contribution in [3.05, 3.63) is 58.6 Å². The number of amides is 1. The lowest BCUT2D eigenvalue weighted by Crippen LogP contribution is -2.17. The molecule has 1 N–H and O–H groups in total. The molecule has 0 aliphatic heterocycles. The van der Waals surface area contributed by atoms with Crippen molar-refractivity contribution in [2.24, 2.45) is 0 Å². The minimum Gasteiger partial charge on any atom is -0.496 e. The highest BCUT2D eigenvalue weighted by Crippen LogP contribution is 2.25. The molecule has 0 unspecified atom stereocenters. The molecular formula is C17H13BrF3NO3. The van der Waals surface area contributed by atoms with Crippen molar-refractivity contribution in [1.82, 2.24) is 0 Å². The van der Waals surface area contributed by atoms with Crippen LogP contribution < -0.4 is 14.8 Å². The van der Waals surface area contributed by atoms with Crippen LogP contribution in [-0.4, -0.2) is 19.4 Å². The highest BCUT2D eigenvalue weighted by Gasteiger charge is 2.30. The van der Waals surface area contributed by atoms with Gasteiger partial charge in [0.1, 0.15) is 11.5 Å². The van der Waals surface area contributed by atoms with E-state index in [-0.39, 0.29) is 5.75 Å². The molecule has 2 rings (SSSR count). The second-order valence-corrected chi connectivity index (χ2v) is 5.70. The zero-order chi connectivity index (χ0) is 18.4. The van der Waals surface area contributed by atoms with Crippen molar-refractivity contribution < 1.29 is 27.4 Å². The molecule has 8 heteroatoms. The minimum absolute atomic E-state index is 0.338. The largest absolute Gasteiger partial charge is 0.573 e. The molecule has 0 bridgehead atoms. The van der Waals surface area contributed by atoms with E-state index in [9.17, 15) is 18.0 Å². The Balaban J connectivity index is 2.02. The zero-order valence-electron chi connectivity index (χ0n) is 12.9. The highest BCUT2D eigenvalue weighted by molar-refractivity contribution is 9.10. The van der Waals surface area contributed by atoms with Crippen LogP contribution in [0.5, 0.6) is 11.5 Å². The summed E-state index contributed by atoms with van der Waals surface area (Å²) in [4.78, 5) is 11.9. The quantitative estimate of drug-likeness (QED) is 0.698. The molecule has 2 aromatic carbocycles. The van der Waals surface area contributed by atoms with Crippen LogP contribution in [-0.2, 0) is 4.79 Å². The Kier molecular flexibility index (Phi) is 6.08. The topological polar surface area (TPSA) is 47.6 Å². The number of anilines is 1. The van der Waals surface area contributed by atoms with Gasteiger partial charge in [0.05, 0.1) is 7.11 Å². The Morgan fingerprint density at radius 1 is 1.16 bits per heavy atom. The summed E-state index contributed by atoms with van der Waals surface area (Å²) in [7, 11) is 1.52. The fourth-order valence-electron chi connectivity index (χ4n) is 1.92. The Morgan fingerprint density at radius 2 is 1.84 bits per heavy atom. The molecule has 0 saturated carbocycles. The molecule has 0 atom stereocenters. The van der Waals surface area contributed by atoms with Gasteiger partial charge in [0.25, 0.3) is 0 Å². The molecule has 0 aliphatic rings. The van der Waals surface area contributed by atoms with E-state index in [0.717, 1.165) is 16.6 Å². The van der Waals surface area contributed by atoms with Crippen molar-refractivity contribution in [3.8, 4) is 11.5 Å². The van der Waals surface area contributed by atoms with E-state index < -0.39 is 12.3 Å². The van der Waals surface area contributed by atoms with Gasteiger partial charge in [-0.3, -0.25) is 4.79 Å². The molecule has 0 aliphatic carbocycles. The number of alkyl halides is 3. The predicted octanol–water partition coefficient (Wildman–Crippen LogP) is 5.01. The average Bonchev–Trinajstić information content (AvgIpc) is 2.53. The molecular weight excluding hydrogens is 403 g/mol. The summed E-state index contributed by atoms with van der Waals surface area (Å²) in [5.74, 6) is -0.202. The smallest absolute Gasteiger partial charge is 0.496 e. The first-order valence-corrected chi connectivity index (χ1v) is 7.74. The number of carbonyl (C=O) groups is 1. The number of ether oxygens (including phenoxy) is 2. The van der Waals surface area contributed by atoms with Gasteiger partial charge in [-0.1, -0.05) is 15.9 Å². The minimum atomic E-state index is -4.75. The van der Waals surface area contributed by atoms with Crippen LogP contribution in [0.15, 0.2) is 53.0 Å². The lowest BCUT2D eigenvalue weighted by molar-refractivity contribution is -0.274. The van der Waals surface area contributed by atoms with Crippen molar-refractivity contribution in [2.45, 2.75) is 6.36 Å². The molecule has 25 heavy (non-hydrogen) atoms. The molecule has 2 aromatic rings. The van der Waals surface area contributed by atoms with Crippen LogP contribution in [0.2, 0.25) is 0 Å². The van der Waals surface area contributed by atoms with Gasteiger partial charge >= 0.3 is 6.36 Å². The summed E-state index contributed by atoms with van der Waals surface area (Å²) in [6, 6.07) is 10.2. The first-order valence-electron chi connectivity index (χ1n) is 6.95. The fraction of sp³-hybridized carbons (Fsp3) is 0.118. The predicted molar refractivity (Wildman–Crippen MR) is 91.5 cm³/mol. The Bertz CT molecular complexity index is 774. The van der Waals surface area contributed by atoms with E-state index in [4.69, 9.17) is 4.74 Å². The van der Waals surface area contributed by atoms with E-state index in [0.29, 0.717) is 17.0 Å². The van der Waals surface area contributed by atoms with Gasteiger partial charge in [0.15, 0.2) is 0 Å². The van der Waals surface area contributed by atoms with E-state index in [1.54, 1.807) is 24.3 Å². The molecule has 4 nitrogen and oxygen atoms in total. The van der Waals surface area contributed by atoms with Crippen molar-refractivity contribution in [2.75, 3.05) is 12.4 Å². The molecule has 0 spiro atoms. The lowest BCUT2D eigenvalue weighted by atomic mass is 10.2. The van der Waals surface area contributed by atoms with Crippen LogP contribution in [0.4, 0.5) is 18.9 Å². The number of halogens is 4. The molecule has 0 saturated heterocycles. The third-order valence-corrected chi connectivity index (χ3v) is 3.45. The monoisotopic (exact) mass is 415 g/mol. The summed E-state index contributed by atoms with van der Waals surface area (Å²) >= 11 is 3.33. The summed E-state index contributed by atoms with van der Waals surface area (Å²) < 4.78 is 46.0. The molecule has 0 radical (unpaired) electrons. The highest BCUT2D eigenvalue weighted by atomic mass is 79.9. The molecule has 0 aromatic heterocycles. The number of benzene rings is 2. The van der Waals surface area contributed by atoms with Gasteiger partial charge in [0, 0.05) is 21.8 Å². The Labute approximate surface area is 150 Å². The van der Waals surface area contributed by atoms with E-state index in [2.05, 4.69) is 26.0 Å². The maximum Gasteiger partial charge on any atom is 0.573 e. The van der Waals surface area contributed by atoms with Gasteiger partial charge in [-0.15, -0.1) is 13.2 Å². The maximum absolute atomic E-state index is 12.1. The number of rotatable bonds is 5. The second-order valence-electron chi connectivity index (χ2n) is 4.78. The Hall–Kier alpha value is -2.48. The first kappa shape index (κ1) is 18.9. The van der Waals surface area contributed by atoms with Gasteiger partial charge in [0.2, 0.25) is 5.91 Å². The van der Waals surface area contributed by atoms with Gasteiger partial charge in [-0.25, -0.2) is 0 Å².